The molecule has 0 radical (unpaired) electrons. The van der Waals surface area contributed by atoms with Crippen LogP contribution in [-0.2, 0) is 9.84 Å². The van der Waals surface area contributed by atoms with E-state index in [0.29, 0.717) is 25.1 Å². The Balaban J connectivity index is 2.46. The van der Waals surface area contributed by atoms with E-state index in [-0.39, 0.29) is 11.0 Å². The van der Waals surface area contributed by atoms with Crippen LogP contribution in [0.4, 0.5) is 0 Å². The number of rotatable bonds is 8. The van der Waals surface area contributed by atoms with Gasteiger partial charge < -0.3 is 15.5 Å². The Labute approximate surface area is 120 Å². The van der Waals surface area contributed by atoms with Gasteiger partial charge in [-0.15, -0.1) is 0 Å². The molecule has 0 aromatic heterocycles. The number of benzene rings is 1. The van der Waals surface area contributed by atoms with Gasteiger partial charge in [0, 0.05) is 12.8 Å². The largest absolute Gasteiger partial charge is 0.393 e. The standard InChI is InChI=1S/C14H23NO4S/c1-3-12(16)8-9-15-10-14(17)11-4-6-13(7-5-11)20(2,18)19/h4-7,12,14-17H,3,8-10H2,1-2H3. The molecule has 20 heavy (non-hydrogen) atoms. The fraction of sp³-hybridized carbons (Fsp3) is 0.571. The molecular formula is C14H23NO4S. The lowest BCUT2D eigenvalue weighted by molar-refractivity contribution is 0.150. The molecule has 0 heterocycles. The lowest BCUT2D eigenvalue weighted by Gasteiger charge is -2.14. The molecule has 2 unspecified atom stereocenters. The average Bonchev–Trinajstić information content (AvgIpc) is 2.42. The number of nitrogens with one attached hydrogen (secondary N) is 1. The van der Waals surface area contributed by atoms with Gasteiger partial charge in [-0.3, -0.25) is 0 Å². The first-order chi connectivity index (χ1) is 9.34. The van der Waals surface area contributed by atoms with Gasteiger partial charge >= 0.3 is 0 Å². The van der Waals surface area contributed by atoms with E-state index in [0.717, 1.165) is 12.7 Å². The molecular weight excluding hydrogens is 278 g/mol. The zero-order valence-corrected chi connectivity index (χ0v) is 12.7. The fourth-order valence-electron chi connectivity index (χ4n) is 1.77. The summed E-state index contributed by atoms with van der Waals surface area (Å²) in [5, 5.41) is 22.4. The second-order valence-corrected chi connectivity index (χ2v) is 6.93. The van der Waals surface area contributed by atoms with Crippen LogP contribution in [0.3, 0.4) is 0 Å². The summed E-state index contributed by atoms with van der Waals surface area (Å²) in [5.74, 6) is 0. The summed E-state index contributed by atoms with van der Waals surface area (Å²) in [6, 6.07) is 6.22. The van der Waals surface area contributed by atoms with Crippen molar-refractivity contribution >= 4 is 9.84 Å². The molecule has 0 fully saturated rings. The van der Waals surface area contributed by atoms with Crippen molar-refractivity contribution in [3.63, 3.8) is 0 Å². The first kappa shape index (κ1) is 17.1. The Hall–Kier alpha value is -0.950. The van der Waals surface area contributed by atoms with Gasteiger partial charge in [0.05, 0.1) is 17.1 Å². The van der Waals surface area contributed by atoms with Crippen LogP contribution in [-0.4, -0.2) is 44.1 Å². The molecule has 0 bridgehead atoms. The minimum absolute atomic E-state index is 0.243. The lowest BCUT2D eigenvalue weighted by atomic mass is 10.1. The topological polar surface area (TPSA) is 86.6 Å². The molecule has 0 saturated carbocycles. The second-order valence-electron chi connectivity index (χ2n) is 4.91. The zero-order valence-electron chi connectivity index (χ0n) is 11.9. The van der Waals surface area contributed by atoms with Crippen LogP contribution in [0.2, 0.25) is 0 Å². The molecule has 0 saturated heterocycles. The van der Waals surface area contributed by atoms with E-state index in [1.54, 1.807) is 12.1 Å². The highest BCUT2D eigenvalue weighted by Gasteiger charge is 2.10. The first-order valence-corrected chi connectivity index (χ1v) is 8.60. The predicted molar refractivity (Wildman–Crippen MR) is 78.3 cm³/mol. The van der Waals surface area contributed by atoms with E-state index < -0.39 is 15.9 Å². The molecule has 6 heteroatoms. The molecule has 1 aromatic rings. The molecule has 1 rings (SSSR count). The molecule has 0 aliphatic carbocycles. The minimum atomic E-state index is -3.20. The number of aliphatic hydroxyl groups is 2. The van der Waals surface area contributed by atoms with Crippen molar-refractivity contribution in [1.29, 1.82) is 0 Å². The van der Waals surface area contributed by atoms with Gasteiger partial charge in [-0.05, 0) is 37.1 Å². The predicted octanol–water partition coefficient (Wildman–Crippen LogP) is 0.874. The summed E-state index contributed by atoms with van der Waals surface area (Å²) in [5.41, 5.74) is 0.668. The fourth-order valence-corrected chi connectivity index (χ4v) is 2.40. The van der Waals surface area contributed by atoms with E-state index in [1.165, 1.54) is 12.1 Å². The molecule has 0 aliphatic heterocycles. The van der Waals surface area contributed by atoms with Crippen molar-refractivity contribution in [2.75, 3.05) is 19.3 Å². The summed E-state index contributed by atoms with van der Waals surface area (Å²) < 4.78 is 22.6. The van der Waals surface area contributed by atoms with Crippen molar-refractivity contribution < 1.29 is 18.6 Å². The number of hydrogen-bond donors (Lipinski definition) is 3. The highest BCUT2D eigenvalue weighted by Crippen LogP contribution is 2.15. The van der Waals surface area contributed by atoms with E-state index in [9.17, 15) is 18.6 Å². The molecule has 2 atom stereocenters. The van der Waals surface area contributed by atoms with Crippen LogP contribution in [0, 0.1) is 0 Å². The van der Waals surface area contributed by atoms with E-state index in [4.69, 9.17) is 0 Å². The Morgan fingerprint density at radius 2 is 1.80 bits per heavy atom. The van der Waals surface area contributed by atoms with Gasteiger partial charge in [-0.1, -0.05) is 19.1 Å². The summed E-state index contributed by atoms with van der Waals surface area (Å²) in [6.45, 7) is 2.92. The van der Waals surface area contributed by atoms with Crippen molar-refractivity contribution in [3.8, 4) is 0 Å². The normalized spacial score (nSPS) is 15.0. The lowest BCUT2D eigenvalue weighted by Crippen LogP contribution is -2.25. The molecule has 0 amide bonds. The zero-order chi connectivity index (χ0) is 15.2. The van der Waals surface area contributed by atoms with Gasteiger partial charge in [0.25, 0.3) is 0 Å². The maximum atomic E-state index is 11.3. The van der Waals surface area contributed by atoms with E-state index in [2.05, 4.69) is 5.32 Å². The molecule has 0 spiro atoms. The summed E-state index contributed by atoms with van der Waals surface area (Å²) in [4.78, 5) is 0.243. The number of aliphatic hydroxyl groups excluding tert-OH is 2. The first-order valence-electron chi connectivity index (χ1n) is 6.71. The Bertz CT molecular complexity index is 498. The van der Waals surface area contributed by atoms with Crippen LogP contribution < -0.4 is 5.32 Å². The third-order valence-electron chi connectivity index (χ3n) is 3.16. The average molecular weight is 301 g/mol. The smallest absolute Gasteiger partial charge is 0.175 e. The van der Waals surface area contributed by atoms with Crippen LogP contribution in [0.5, 0.6) is 0 Å². The molecule has 114 valence electrons. The van der Waals surface area contributed by atoms with Crippen LogP contribution in [0.25, 0.3) is 0 Å². The SMILES string of the molecule is CCC(O)CCNCC(O)c1ccc(S(C)(=O)=O)cc1. The Morgan fingerprint density at radius 1 is 1.20 bits per heavy atom. The van der Waals surface area contributed by atoms with Gasteiger partial charge in [0.2, 0.25) is 0 Å². The summed E-state index contributed by atoms with van der Waals surface area (Å²) in [7, 11) is -3.20. The number of sulfone groups is 1. The van der Waals surface area contributed by atoms with Crippen molar-refractivity contribution in [2.24, 2.45) is 0 Å². The van der Waals surface area contributed by atoms with Gasteiger partial charge in [0.1, 0.15) is 0 Å². The molecule has 0 aliphatic rings. The van der Waals surface area contributed by atoms with Crippen LogP contribution in [0.15, 0.2) is 29.2 Å². The molecule has 5 nitrogen and oxygen atoms in total. The van der Waals surface area contributed by atoms with Gasteiger partial charge in [0.15, 0.2) is 9.84 Å². The third-order valence-corrected chi connectivity index (χ3v) is 4.28. The summed E-state index contributed by atoms with van der Waals surface area (Å²) >= 11 is 0. The van der Waals surface area contributed by atoms with Gasteiger partial charge in [-0.25, -0.2) is 8.42 Å². The van der Waals surface area contributed by atoms with E-state index >= 15 is 0 Å². The monoisotopic (exact) mass is 301 g/mol. The summed E-state index contributed by atoms with van der Waals surface area (Å²) in [6.07, 6.45) is 1.52. The minimum Gasteiger partial charge on any atom is -0.393 e. The Morgan fingerprint density at radius 3 is 2.30 bits per heavy atom. The molecule has 3 N–H and O–H groups in total. The maximum Gasteiger partial charge on any atom is 0.175 e. The quantitative estimate of drug-likeness (QED) is 0.620. The highest BCUT2D eigenvalue weighted by atomic mass is 32.2. The number of hydrogen-bond acceptors (Lipinski definition) is 5. The van der Waals surface area contributed by atoms with Crippen molar-refractivity contribution in [2.45, 2.75) is 36.9 Å². The van der Waals surface area contributed by atoms with Crippen LogP contribution >= 0.6 is 0 Å². The van der Waals surface area contributed by atoms with Gasteiger partial charge in [-0.2, -0.15) is 0 Å². The van der Waals surface area contributed by atoms with E-state index in [1.807, 2.05) is 6.92 Å². The maximum absolute atomic E-state index is 11.3. The molecule has 1 aromatic carbocycles. The van der Waals surface area contributed by atoms with Crippen LogP contribution in [0.1, 0.15) is 31.4 Å². The van der Waals surface area contributed by atoms with Crippen molar-refractivity contribution in [3.05, 3.63) is 29.8 Å². The van der Waals surface area contributed by atoms with Crippen molar-refractivity contribution in [1.82, 2.24) is 5.32 Å². The Kier molecular flexibility index (Phi) is 6.61. The second kappa shape index (κ2) is 7.73. The third kappa shape index (κ3) is 5.58. The highest BCUT2D eigenvalue weighted by molar-refractivity contribution is 7.90.